The third-order valence-electron chi connectivity index (χ3n) is 3.27. The van der Waals surface area contributed by atoms with Gasteiger partial charge in [0.25, 0.3) is 0 Å². The number of carbonyl (C=O) groups is 3. The van der Waals surface area contributed by atoms with E-state index in [0.717, 1.165) is 0 Å². The molecule has 0 saturated heterocycles. The molecule has 3 amide bonds. The first-order valence-electron chi connectivity index (χ1n) is 9.11. The Kier molecular flexibility index (Phi) is 9.70. The Balaban J connectivity index is 2.09. The lowest BCUT2D eigenvalue weighted by Gasteiger charge is -2.19. The zero-order valence-electron chi connectivity index (χ0n) is 16.5. The summed E-state index contributed by atoms with van der Waals surface area (Å²) in [6.45, 7) is 6.25. The van der Waals surface area contributed by atoms with E-state index in [4.69, 9.17) is 4.74 Å². The minimum Gasteiger partial charge on any atom is -0.444 e. The summed E-state index contributed by atoms with van der Waals surface area (Å²) in [5, 5.41) is 7.88. The van der Waals surface area contributed by atoms with Crippen molar-refractivity contribution in [3.63, 3.8) is 0 Å². The number of ether oxygens (including phenoxy) is 1. The topological polar surface area (TPSA) is 96.5 Å². The second-order valence-corrected chi connectivity index (χ2v) is 7.06. The molecule has 0 saturated carbocycles. The van der Waals surface area contributed by atoms with Crippen LogP contribution >= 0.6 is 0 Å². The summed E-state index contributed by atoms with van der Waals surface area (Å²) in [5.41, 5.74) is 0.0193. The van der Waals surface area contributed by atoms with Crippen LogP contribution in [0, 0.1) is 5.82 Å². The van der Waals surface area contributed by atoms with Crippen molar-refractivity contribution in [2.24, 2.45) is 0 Å². The third-order valence-corrected chi connectivity index (χ3v) is 3.27. The lowest BCUT2D eigenvalue weighted by Crippen LogP contribution is -2.35. The van der Waals surface area contributed by atoms with Crippen molar-refractivity contribution in [1.29, 1.82) is 0 Å². The number of rotatable bonds is 9. The molecule has 1 aromatic carbocycles. The quantitative estimate of drug-likeness (QED) is 0.443. The van der Waals surface area contributed by atoms with Crippen molar-refractivity contribution in [3.8, 4) is 0 Å². The monoisotopic (exact) mass is 393 g/mol. The van der Waals surface area contributed by atoms with E-state index in [2.05, 4.69) is 16.0 Å². The Morgan fingerprint density at radius 3 is 2.46 bits per heavy atom. The number of hydrogen-bond donors (Lipinski definition) is 3. The van der Waals surface area contributed by atoms with Gasteiger partial charge in [-0.1, -0.05) is 12.1 Å². The molecular weight excluding hydrogens is 365 g/mol. The van der Waals surface area contributed by atoms with Gasteiger partial charge in [0.1, 0.15) is 11.4 Å². The van der Waals surface area contributed by atoms with Crippen LogP contribution in [0.3, 0.4) is 0 Å². The van der Waals surface area contributed by atoms with Crippen LogP contribution in [0.4, 0.5) is 9.18 Å². The molecule has 0 heterocycles. The zero-order chi connectivity index (χ0) is 21.0. The SMILES string of the molecule is CC(C)(C)OC(=O)NCCC(=O)NCCCNC(=O)/C=C/c1cccc(F)c1. The Morgan fingerprint density at radius 1 is 1.07 bits per heavy atom. The van der Waals surface area contributed by atoms with Crippen molar-refractivity contribution in [2.45, 2.75) is 39.2 Å². The van der Waals surface area contributed by atoms with E-state index in [1.807, 2.05) is 0 Å². The lowest BCUT2D eigenvalue weighted by atomic mass is 10.2. The van der Waals surface area contributed by atoms with Gasteiger partial charge in [0.05, 0.1) is 0 Å². The van der Waals surface area contributed by atoms with Gasteiger partial charge in [-0.15, -0.1) is 0 Å². The second kappa shape index (κ2) is 11.7. The average molecular weight is 393 g/mol. The number of amides is 3. The summed E-state index contributed by atoms with van der Waals surface area (Å²) >= 11 is 0. The average Bonchev–Trinajstić information content (AvgIpc) is 2.58. The Hall–Kier alpha value is -2.90. The minimum atomic E-state index is -0.580. The number of benzene rings is 1. The summed E-state index contributed by atoms with van der Waals surface area (Å²) in [6, 6.07) is 5.93. The first kappa shape index (κ1) is 23.1. The maximum atomic E-state index is 13.0. The van der Waals surface area contributed by atoms with E-state index in [1.165, 1.54) is 24.3 Å². The van der Waals surface area contributed by atoms with Gasteiger partial charge in [-0.2, -0.15) is 0 Å². The van der Waals surface area contributed by atoms with Gasteiger partial charge in [0.2, 0.25) is 11.8 Å². The van der Waals surface area contributed by atoms with E-state index in [9.17, 15) is 18.8 Å². The summed E-state index contributed by atoms with van der Waals surface area (Å²) in [7, 11) is 0. The minimum absolute atomic E-state index is 0.141. The van der Waals surface area contributed by atoms with E-state index >= 15 is 0 Å². The van der Waals surface area contributed by atoms with E-state index in [0.29, 0.717) is 25.1 Å². The highest BCUT2D eigenvalue weighted by Gasteiger charge is 2.15. The molecule has 0 aliphatic rings. The third kappa shape index (κ3) is 11.7. The number of alkyl carbamates (subject to hydrolysis) is 1. The fourth-order valence-electron chi connectivity index (χ4n) is 2.05. The Labute approximate surface area is 164 Å². The molecule has 0 unspecified atom stereocenters. The summed E-state index contributed by atoms with van der Waals surface area (Å²) in [4.78, 5) is 34.8. The van der Waals surface area contributed by atoms with Crippen LogP contribution in [0.5, 0.6) is 0 Å². The van der Waals surface area contributed by atoms with Crippen LogP contribution in [0.2, 0.25) is 0 Å². The molecule has 154 valence electrons. The number of halogens is 1. The fourth-order valence-corrected chi connectivity index (χ4v) is 2.05. The fraction of sp³-hybridized carbons (Fsp3) is 0.450. The van der Waals surface area contributed by atoms with Crippen LogP contribution in [0.25, 0.3) is 6.08 Å². The summed E-state index contributed by atoms with van der Waals surface area (Å²) in [5.74, 6) is -0.856. The molecule has 28 heavy (non-hydrogen) atoms. The summed E-state index contributed by atoms with van der Waals surface area (Å²) in [6.07, 6.45) is 3.00. The van der Waals surface area contributed by atoms with Crippen LogP contribution in [-0.4, -0.2) is 43.1 Å². The highest BCUT2D eigenvalue weighted by atomic mass is 19.1. The predicted molar refractivity (Wildman–Crippen MR) is 105 cm³/mol. The van der Waals surface area contributed by atoms with E-state index in [1.54, 1.807) is 32.9 Å². The van der Waals surface area contributed by atoms with Crippen molar-refractivity contribution < 1.29 is 23.5 Å². The van der Waals surface area contributed by atoms with Gasteiger partial charge in [0.15, 0.2) is 0 Å². The number of carbonyl (C=O) groups excluding carboxylic acids is 3. The molecule has 0 aliphatic carbocycles. The molecule has 0 spiro atoms. The molecule has 1 rings (SSSR count). The lowest BCUT2D eigenvalue weighted by molar-refractivity contribution is -0.120. The predicted octanol–water partition coefficient (Wildman–Crippen LogP) is 2.38. The number of hydrogen-bond acceptors (Lipinski definition) is 4. The standard InChI is InChI=1S/C20H28FN3O4/c1-20(2,3)28-19(27)24-13-10-18(26)23-12-5-11-22-17(25)9-8-15-6-4-7-16(21)14-15/h4,6-9,14H,5,10-13H2,1-3H3,(H,22,25)(H,23,26)(H,24,27)/b9-8+. The molecule has 7 nitrogen and oxygen atoms in total. The molecule has 0 aromatic heterocycles. The van der Waals surface area contributed by atoms with Gasteiger partial charge in [0, 0.05) is 32.1 Å². The highest BCUT2D eigenvalue weighted by Crippen LogP contribution is 2.06. The summed E-state index contributed by atoms with van der Waals surface area (Å²) < 4.78 is 18.1. The van der Waals surface area contributed by atoms with Gasteiger partial charge in [-0.25, -0.2) is 9.18 Å². The molecular formula is C20H28FN3O4. The van der Waals surface area contributed by atoms with Gasteiger partial charge in [-0.05, 0) is 51.0 Å². The largest absolute Gasteiger partial charge is 0.444 e. The Morgan fingerprint density at radius 2 is 1.79 bits per heavy atom. The molecule has 1 aromatic rings. The molecule has 8 heteroatoms. The normalized spacial score (nSPS) is 11.1. The van der Waals surface area contributed by atoms with E-state index in [-0.39, 0.29) is 30.6 Å². The highest BCUT2D eigenvalue weighted by molar-refractivity contribution is 5.91. The van der Waals surface area contributed by atoms with Crippen LogP contribution in [0.1, 0.15) is 39.2 Å². The second-order valence-electron chi connectivity index (χ2n) is 7.06. The van der Waals surface area contributed by atoms with Crippen LogP contribution in [0.15, 0.2) is 30.3 Å². The smallest absolute Gasteiger partial charge is 0.407 e. The van der Waals surface area contributed by atoms with Crippen molar-refractivity contribution in [1.82, 2.24) is 16.0 Å². The maximum Gasteiger partial charge on any atom is 0.407 e. The van der Waals surface area contributed by atoms with Crippen molar-refractivity contribution in [2.75, 3.05) is 19.6 Å². The molecule has 0 bridgehead atoms. The van der Waals surface area contributed by atoms with Crippen LogP contribution in [-0.2, 0) is 14.3 Å². The Bertz CT molecular complexity index is 699. The molecule has 0 radical (unpaired) electrons. The molecule has 0 atom stereocenters. The van der Waals surface area contributed by atoms with Gasteiger partial charge >= 0.3 is 6.09 Å². The zero-order valence-corrected chi connectivity index (χ0v) is 16.5. The first-order valence-corrected chi connectivity index (χ1v) is 9.11. The van der Waals surface area contributed by atoms with Crippen molar-refractivity contribution >= 4 is 24.0 Å². The molecule has 0 fully saturated rings. The molecule has 3 N–H and O–H groups in total. The number of nitrogens with one attached hydrogen (secondary N) is 3. The van der Waals surface area contributed by atoms with Gasteiger partial charge in [-0.3, -0.25) is 9.59 Å². The maximum absolute atomic E-state index is 13.0. The van der Waals surface area contributed by atoms with Gasteiger partial charge < -0.3 is 20.7 Å². The van der Waals surface area contributed by atoms with Crippen LogP contribution < -0.4 is 16.0 Å². The van der Waals surface area contributed by atoms with E-state index < -0.39 is 11.7 Å². The first-order chi connectivity index (χ1) is 13.2. The molecule has 0 aliphatic heterocycles. The van der Waals surface area contributed by atoms with Crippen molar-refractivity contribution in [3.05, 3.63) is 41.7 Å².